The highest BCUT2D eigenvalue weighted by Gasteiger charge is 2.57. The summed E-state index contributed by atoms with van der Waals surface area (Å²) in [5.74, 6) is 5.47. The van der Waals surface area contributed by atoms with E-state index in [1.54, 1.807) is 121 Å². The zero-order chi connectivity index (χ0) is 94.0. The Bertz CT molecular complexity index is 6900. The van der Waals surface area contributed by atoms with Crippen molar-refractivity contribution in [3.63, 3.8) is 0 Å². The van der Waals surface area contributed by atoms with Crippen LogP contribution in [0, 0.1) is 33.7 Å². The van der Waals surface area contributed by atoms with Gasteiger partial charge in [-0.3, -0.25) is 33.7 Å². The standard InChI is InChI=1S/C32H30F4N6O3S.C32H29F4N5O2S.C29H28F4N6O2S2/c1-40-12-10-29(39-40)46(2,44)42(26-18-45-19-26)25-6-3-21-14-28-20(17-38-41(28)24-7-4-23(33)5-8-24)15-31(21,16-25)30(43)27-13-22(9-11-37-27)32(34,35)36;1-39-13-11-27(19-39)44(43)41(25-8-9-25)26-5-2-21-15-29-20(18-38-40(29)24-6-3-23(33)4-7-24)16-31(21,17-26)30(42)28-14-22(10-12-37-28)32(34,35)36;1-4-38(43(3,41)25-11-12-37(2)36-25)22-8-5-19-13-23-18(16-35-39(23)21-9-6-20(30)7-10-21)14-28(19,15-22)26(40)27-34-17-24(42-27)29(31,32)33/h4-5,7-14,17,25-26H,2-3,6,15-16,18-19H2,1H3;3-4,6-7,10-15,18-19,25-26H,2,5,8-9,16-17H2,1H3;6-7,9-13,16-17,22H,3-5,8,14-15H2,1-2H3/t25-,31-,46?;26-,31-,44?;22-,28-,43?/m000/s1. The van der Waals surface area contributed by atoms with Gasteiger partial charge in [0.25, 0.3) is 0 Å². The number of pyridine rings is 2. The summed E-state index contributed by atoms with van der Waals surface area (Å²) >= 11 is 0.333. The number of carbonyl (C=O) groups excluding carboxylic acids is 3. The van der Waals surface area contributed by atoms with Crippen LogP contribution in [0.1, 0.15) is 158 Å². The molecule has 20 rings (SSSR count). The summed E-state index contributed by atoms with van der Waals surface area (Å²) in [7, 11) is -2.34. The quantitative estimate of drug-likeness (QED) is 0.0368. The van der Waals surface area contributed by atoms with E-state index in [4.69, 9.17) is 4.74 Å². The number of fused-ring (bicyclic) bond motifs is 6. The molecule has 0 amide bonds. The van der Waals surface area contributed by atoms with Crippen molar-refractivity contribution in [3.8, 4) is 17.1 Å². The second-order valence-electron chi connectivity index (χ2n) is 34.7. The number of carbonyl (C=O) groups is 3. The van der Waals surface area contributed by atoms with Gasteiger partial charge in [0.2, 0.25) is 5.78 Å². The van der Waals surface area contributed by atoms with Gasteiger partial charge in [-0.1, -0.05) is 23.6 Å². The lowest BCUT2D eigenvalue weighted by Crippen LogP contribution is -2.59. The molecule has 3 aromatic carbocycles. The highest BCUT2D eigenvalue weighted by Crippen LogP contribution is 2.57. The summed E-state index contributed by atoms with van der Waals surface area (Å²) in [6, 6.07) is 24.9. The van der Waals surface area contributed by atoms with E-state index in [1.165, 1.54) is 36.4 Å². The van der Waals surface area contributed by atoms with Gasteiger partial charge in [0.1, 0.15) is 44.7 Å². The lowest BCUT2D eigenvalue weighted by Gasteiger charge is -2.50. The van der Waals surface area contributed by atoms with Gasteiger partial charge in [-0.15, -0.1) is 11.3 Å². The van der Waals surface area contributed by atoms with E-state index < -0.39 is 110 Å². The molecule has 12 aromatic rings. The van der Waals surface area contributed by atoms with Crippen molar-refractivity contribution in [2.45, 2.75) is 161 Å². The number of ketones is 3. The number of aromatic nitrogens is 14. The molecule has 0 bridgehead atoms. The maximum absolute atomic E-state index is 14.6. The number of alkyl halides is 9. The Kier molecular flexibility index (Phi) is 24.2. The predicted molar refractivity (Wildman–Crippen MR) is 473 cm³/mol. The van der Waals surface area contributed by atoms with Crippen molar-refractivity contribution in [2.24, 2.45) is 37.4 Å². The molecular weight excluding hydrogens is 1820 g/mol. The number of allylic oxidation sites excluding steroid dienone is 3. The molecule has 10 heterocycles. The Morgan fingerprint density at radius 1 is 0.511 bits per heavy atom. The molecule has 133 heavy (non-hydrogen) atoms. The average Bonchev–Trinajstić information content (AvgIpc) is 1.72. The first kappa shape index (κ1) is 91.8. The number of benzene rings is 3. The van der Waals surface area contributed by atoms with Crippen LogP contribution < -0.4 is 0 Å². The van der Waals surface area contributed by atoms with Gasteiger partial charge in [-0.05, 0) is 252 Å². The van der Waals surface area contributed by atoms with Gasteiger partial charge < -0.3 is 9.30 Å². The fraction of sp³-hybridized carbons (Fsp3) is 0.344. The molecule has 0 N–H and O–H groups in total. The smallest absolute Gasteiger partial charge is 0.378 e. The lowest BCUT2D eigenvalue weighted by molar-refractivity contribution is -0.138. The number of hydrogen-bond acceptors (Lipinski definition) is 16. The fourth-order valence-electron chi connectivity index (χ4n) is 19.8. The van der Waals surface area contributed by atoms with Crippen molar-refractivity contribution in [3.05, 3.63) is 278 Å². The summed E-state index contributed by atoms with van der Waals surface area (Å²) < 4.78 is 227. The summed E-state index contributed by atoms with van der Waals surface area (Å²) in [5, 5.41) is 22.7. The SMILES string of the molecule is C=S(=O)(c1ccn(C)n1)N(C1COC1)[C@H]1CCC2=Cc3c(cnn3-c3ccc(F)cc3)C[C@]2(C(=O)c2cc(C(F)(F)F)ccn2)C1.C=S(=O)(c1ccn(C)n1)N(CC)[C@H]1CCC2=Cc3c(cnn3-c3ccc(F)cc3)C[C@]2(C(=O)c2ncc(C(F)(F)F)s2)C1.Cn1ccc(S(=O)N(C2CC2)[C@H]2CCC3=Cc4c(cnn4-c4ccc(F)cc4)C[C@]3(C(=O)c3cc(C(F)(F)F)ccn3)C2)c1. The van der Waals surface area contributed by atoms with Crippen molar-refractivity contribution in [1.82, 2.24) is 81.3 Å². The summed E-state index contributed by atoms with van der Waals surface area (Å²) in [5.41, 5.74) is 2.33. The summed E-state index contributed by atoms with van der Waals surface area (Å²) in [6.07, 6.45) is 12.3. The number of rotatable bonds is 21. The maximum Gasteiger partial charge on any atom is 0.427 e. The number of ether oxygens (including phenoxy) is 1. The molecule has 24 nitrogen and oxygen atoms in total. The molecule has 1 aliphatic heterocycles. The van der Waals surface area contributed by atoms with E-state index in [1.807, 2.05) is 63.8 Å². The third kappa shape index (κ3) is 17.4. The van der Waals surface area contributed by atoms with Crippen molar-refractivity contribution < 1.29 is 84.4 Å². The minimum absolute atomic E-state index is 0.103. The van der Waals surface area contributed by atoms with Gasteiger partial charge in [0, 0.05) is 89.0 Å². The Balaban J connectivity index is 0.000000134. The van der Waals surface area contributed by atoms with Crippen LogP contribution >= 0.6 is 11.3 Å². The van der Waals surface area contributed by atoms with Crippen LogP contribution in [-0.2, 0) is 94.1 Å². The Morgan fingerprint density at radius 3 is 1.32 bits per heavy atom. The van der Waals surface area contributed by atoms with Crippen LogP contribution in [0.5, 0.6) is 0 Å². The van der Waals surface area contributed by atoms with Crippen LogP contribution in [0.15, 0.2) is 209 Å². The third-order valence-electron chi connectivity index (χ3n) is 26.3. The van der Waals surface area contributed by atoms with Crippen molar-refractivity contribution >= 4 is 89.1 Å². The second-order valence-corrected chi connectivity index (χ2v) is 41.5. The van der Waals surface area contributed by atoms with E-state index in [-0.39, 0.29) is 90.7 Å². The first-order valence-electron chi connectivity index (χ1n) is 42.8. The first-order chi connectivity index (χ1) is 63.2. The number of hydrogen-bond donors (Lipinski definition) is 0. The third-order valence-corrected chi connectivity index (χ3v) is 33.3. The molecule has 5 fully saturated rings. The van der Waals surface area contributed by atoms with E-state index in [0.29, 0.717) is 119 Å². The molecule has 8 aliphatic rings. The molecule has 4 saturated carbocycles. The number of thiazole rings is 1. The highest BCUT2D eigenvalue weighted by molar-refractivity contribution is 7.98. The zero-order valence-corrected chi connectivity index (χ0v) is 75.2. The lowest BCUT2D eigenvalue weighted by atomic mass is 9.60. The average molecular weight is 1910 g/mol. The summed E-state index contributed by atoms with van der Waals surface area (Å²) in [4.78, 5) is 55.4. The van der Waals surface area contributed by atoms with Crippen molar-refractivity contribution in [2.75, 3.05) is 19.8 Å². The Morgan fingerprint density at radius 2 is 0.932 bits per heavy atom. The number of nitrogens with zero attached hydrogens (tertiary/aromatic N) is 17. The molecule has 40 heteroatoms. The fourth-order valence-corrected chi connectivity index (χ4v) is 26.1. The van der Waals surface area contributed by atoms with E-state index in [9.17, 15) is 79.7 Å². The van der Waals surface area contributed by atoms with Crippen LogP contribution in [0.3, 0.4) is 0 Å². The molecule has 694 valence electrons. The van der Waals surface area contributed by atoms with Crippen LogP contribution in [0.4, 0.5) is 52.7 Å². The number of Topliss-reactive ketones (excluding diaryl/α,β-unsaturated/α-hetero) is 3. The zero-order valence-electron chi connectivity index (χ0n) is 71.9. The largest absolute Gasteiger partial charge is 0.427 e. The minimum Gasteiger partial charge on any atom is -0.378 e. The van der Waals surface area contributed by atoms with E-state index in [2.05, 4.69) is 52.2 Å². The van der Waals surface area contributed by atoms with Gasteiger partial charge in [0.15, 0.2) is 26.6 Å². The Hall–Kier alpha value is -11.7. The second kappa shape index (κ2) is 35.0. The first-order valence-corrected chi connectivity index (χ1v) is 48.1. The van der Waals surface area contributed by atoms with E-state index >= 15 is 0 Å². The number of aryl methyl sites for hydroxylation is 3. The maximum atomic E-state index is 14.6. The molecule has 0 radical (unpaired) electrons. The van der Waals surface area contributed by atoms with Crippen LogP contribution in [-0.4, -0.2) is 173 Å². The van der Waals surface area contributed by atoms with E-state index in [0.717, 1.165) is 88.7 Å². The van der Waals surface area contributed by atoms with Crippen LogP contribution in [0.25, 0.3) is 35.3 Å². The number of halogens is 12. The van der Waals surface area contributed by atoms with Gasteiger partial charge >= 0.3 is 18.5 Å². The molecule has 0 spiro atoms. The summed E-state index contributed by atoms with van der Waals surface area (Å²) in [6.45, 7) is 2.86. The molecular formula is C93H87F12N17O7S4. The molecule has 1 saturated heterocycles. The topological polar surface area (TPSA) is 254 Å². The normalized spacial score (nSPS) is 22.3. The molecule has 7 aliphatic carbocycles. The molecule has 9 atom stereocenters. The van der Waals surface area contributed by atoms with Crippen molar-refractivity contribution in [1.29, 1.82) is 0 Å². The highest BCUT2D eigenvalue weighted by atomic mass is 32.2. The molecule has 9 aromatic heterocycles. The van der Waals surface area contributed by atoms with Gasteiger partial charge in [0.05, 0.1) is 130 Å². The van der Waals surface area contributed by atoms with Gasteiger partial charge in [-0.2, -0.15) is 65.0 Å². The minimum atomic E-state index is -4.66. The van der Waals surface area contributed by atoms with Gasteiger partial charge in [-0.25, -0.2) is 57.7 Å². The monoisotopic (exact) mass is 1910 g/mol. The van der Waals surface area contributed by atoms with Crippen LogP contribution in [0.2, 0.25) is 0 Å². The Labute approximate surface area is 762 Å². The molecule has 3 unspecified atom stereocenters. The predicted octanol–water partition coefficient (Wildman–Crippen LogP) is 16.8.